The lowest BCUT2D eigenvalue weighted by Gasteiger charge is -2.25. The van der Waals surface area contributed by atoms with Crippen LogP contribution >= 0.6 is 0 Å². The molecule has 0 aliphatic carbocycles. The summed E-state index contributed by atoms with van der Waals surface area (Å²) in [4.78, 5) is 12.5. The Kier molecular flexibility index (Phi) is 8.47. The van der Waals surface area contributed by atoms with Crippen LogP contribution in [0.25, 0.3) is 78.1 Å². The number of aromatic nitrogens is 2. The van der Waals surface area contributed by atoms with Gasteiger partial charge in [0.25, 0.3) is 0 Å². The third-order valence-corrected chi connectivity index (χ3v) is 10.3. The van der Waals surface area contributed by atoms with E-state index in [4.69, 9.17) is 14.4 Å². The van der Waals surface area contributed by atoms with Crippen LogP contribution in [0, 0.1) is 0 Å². The molecule has 2 aromatic heterocycles. The van der Waals surface area contributed by atoms with E-state index in [1.165, 1.54) is 16.7 Å². The van der Waals surface area contributed by atoms with Gasteiger partial charge in [0.05, 0.1) is 17.1 Å². The topological polar surface area (TPSA) is 42.2 Å². The minimum absolute atomic E-state index is 0.671. The number of hydrogen-bond donors (Lipinski definition) is 0. The van der Waals surface area contributed by atoms with Gasteiger partial charge < -0.3 is 9.32 Å². The highest BCUT2D eigenvalue weighted by Gasteiger charge is 2.20. The fraction of sp³-hybridized carbons (Fsp3) is 0. The second kappa shape index (κ2) is 14.3. The van der Waals surface area contributed by atoms with Crippen molar-refractivity contribution in [1.82, 2.24) is 9.97 Å². The van der Waals surface area contributed by atoms with Gasteiger partial charge in [0.15, 0.2) is 11.4 Å². The number of benzene rings is 8. The predicted octanol–water partition coefficient (Wildman–Crippen LogP) is 14.2. The first-order valence-electron chi connectivity index (χ1n) is 18.8. The van der Waals surface area contributed by atoms with Crippen molar-refractivity contribution in [1.29, 1.82) is 0 Å². The van der Waals surface area contributed by atoms with Gasteiger partial charge in [-0.3, -0.25) is 0 Å². The van der Waals surface area contributed by atoms with Gasteiger partial charge in [0.1, 0.15) is 5.58 Å². The van der Waals surface area contributed by atoms with Crippen LogP contribution in [0.2, 0.25) is 0 Å². The summed E-state index contributed by atoms with van der Waals surface area (Å²) < 4.78 is 6.86. The van der Waals surface area contributed by atoms with E-state index >= 15 is 0 Å². The van der Waals surface area contributed by atoms with Crippen molar-refractivity contribution in [2.45, 2.75) is 0 Å². The van der Waals surface area contributed by atoms with Crippen molar-refractivity contribution in [3.05, 3.63) is 212 Å². The first kappa shape index (κ1) is 33.0. The van der Waals surface area contributed by atoms with E-state index in [0.29, 0.717) is 5.82 Å². The maximum Gasteiger partial charge on any atom is 0.160 e. The zero-order chi connectivity index (χ0) is 37.3. The molecule has 10 rings (SSSR count). The van der Waals surface area contributed by atoms with Gasteiger partial charge >= 0.3 is 0 Å². The summed E-state index contributed by atoms with van der Waals surface area (Å²) in [5.74, 6) is 0.671. The number of rotatable bonds is 8. The number of fused-ring (bicyclic) bond motifs is 3. The molecule has 4 heteroatoms. The molecular weight excluding hydrogens is 683 g/mol. The zero-order valence-corrected chi connectivity index (χ0v) is 30.5. The van der Waals surface area contributed by atoms with E-state index in [0.717, 1.165) is 72.6 Å². The molecule has 0 saturated carbocycles. The molecule has 0 saturated heterocycles. The molecule has 0 amide bonds. The lowest BCUT2D eigenvalue weighted by molar-refractivity contribution is 0.669. The van der Waals surface area contributed by atoms with Crippen molar-refractivity contribution in [2.75, 3.05) is 4.90 Å². The summed E-state index contributed by atoms with van der Waals surface area (Å²) in [5.41, 5.74) is 14.0. The Morgan fingerprint density at radius 1 is 0.339 bits per heavy atom. The van der Waals surface area contributed by atoms with Crippen molar-refractivity contribution in [2.24, 2.45) is 0 Å². The van der Waals surface area contributed by atoms with Crippen molar-refractivity contribution < 1.29 is 4.42 Å². The third kappa shape index (κ3) is 6.29. The quantitative estimate of drug-likeness (QED) is 0.157. The van der Waals surface area contributed by atoms with E-state index < -0.39 is 0 Å². The molecule has 0 bridgehead atoms. The van der Waals surface area contributed by atoms with Crippen LogP contribution in [0.15, 0.2) is 217 Å². The summed E-state index contributed by atoms with van der Waals surface area (Å²) in [6.07, 6.45) is 0. The fourth-order valence-corrected chi connectivity index (χ4v) is 7.48. The summed E-state index contributed by atoms with van der Waals surface area (Å²) >= 11 is 0. The molecule has 0 atom stereocenters. The standard InChI is InChI=1S/C52H35N3O/c1-5-14-36(15-6-1)38-24-26-41(27-25-38)52-53-47(40-18-9-3-10-19-40)35-48(54-52)42-30-33-45-46-22-13-23-49(51(46)56-50(45)34-42)55(43-20-11-4-12-21-43)44-31-28-39(29-32-44)37-16-7-2-8-17-37/h1-35H. The SMILES string of the molecule is c1ccc(-c2ccc(-c3nc(-c4ccccc4)cc(-c4ccc5c(c4)oc4c(N(c6ccccc6)c6ccc(-c7ccccc7)cc6)cccc45)n3)cc2)cc1. The summed E-state index contributed by atoms with van der Waals surface area (Å²) in [6, 6.07) is 73.7. The Bertz CT molecular complexity index is 2920. The Hall–Kier alpha value is -7.56. The van der Waals surface area contributed by atoms with E-state index in [-0.39, 0.29) is 0 Å². The highest BCUT2D eigenvalue weighted by molar-refractivity contribution is 6.11. The van der Waals surface area contributed by atoms with Gasteiger partial charge in [0.2, 0.25) is 0 Å². The Morgan fingerprint density at radius 2 is 0.821 bits per heavy atom. The maximum absolute atomic E-state index is 6.86. The van der Waals surface area contributed by atoms with Crippen molar-refractivity contribution >= 4 is 39.0 Å². The molecule has 56 heavy (non-hydrogen) atoms. The van der Waals surface area contributed by atoms with Gasteiger partial charge in [-0.15, -0.1) is 0 Å². The van der Waals surface area contributed by atoms with E-state index in [2.05, 4.69) is 181 Å². The molecule has 0 unspecified atom stereocenters. The van der Waals surface area contributed by atoms with Gasteiger partial charge in [-0.1, -0.05) is 164 Å². The number of para-hydroxylation sites is 2. The fourth-order valence-electron chi connectivity index (χ4n) is 7.48. The van der Waals surface area contributed by atoms with Crippen LogP contribution in [0.4, 0.5) is 17.1 Å². The molecule has 0 radical (unpaired) electrons. The Morgan fingerprint density at radius 3 is 1.45 bits per heavy atom. The normalized spacial score (nSPS) is 11.2. The minimum atomic E-state index is 0.671. The Balaban J connectivity index is 1.07. The van der Waals surface area contributed by atoms with Crippen molar-refractivity contribution in [3.63, 3.8) is 0 Å². The number of hydrogen-bond acceptors (Lipinski definition) is 4. The van der Waals surface area contributed by atoms with Gasteiger partial charge in [-0.05, 0) is 70.8 Å². The van der Waals surface area contributed by atoms with E-state index in [1.54, 1.807) is 0 Å². The van der Waals surface area contributed by atoms with E-state index in [9.17, 15) is 0 Å². The van der Waals surface area contributed by atoms with Crippen LogP contribution < -0.4 is 4.90 Å². The monoisotopic (exact) mass is 717 g/mol. The van der Waals surface area contributed by atoms with Gasteiger partial charge in [-0.2, -0.15) is 0 Å². The molecular formula is C52H35N3O. The molecule has 0 fully saturated rings. The number of nitrogens with zero attached hydrogens (tertiary/aromatic N) is 3. The van der Waals surface area contributed by atoms with Crippen molar-refractivity contribution in [3.8, 4) is 56.2 Å². The molecule has 0 spiro atoms. The Labute approximate surface area is 325 Å². The number of anilines is 3. The first-order chi connectivity index (χ1) is 27.7. The summed E-state index contributed by atoms with van der Waals surface area (Å²) in [6.45, 7) is 0. The molecule has 264 valence electrons. The first-order valence-corrected chi connectivity index (χ1v) is 18.8. The number of furan rings is 1. The lowest BCUT2D eigenvalue weighted by atomic mass is 10.0. The summed E-state index contributed by atoms with van der Waals surface area (Å²) in [7, 11) is 0. The lowest BCUT2D eigenvalue weighted by Crippen LogP contribution is -2.10. The predicted molar refractivity (Wildman–Crippen MR) is 231 cm³/mol. The highest BCUT2D eigenvalue weighted by atomic mass is 16.3. The molecule has 0 aliphatic heterocycles. The third-order valence-electron chi connectivity index (χ3n) is 10.3. The highest BCUT2D eigenvalue weighted by Crippen LogP contribution is 2.43. The smallest absolute Gasteiger partial charge is 0.160 e. The average Bonchev–Trinajstić information content (AvgIpc) is 3.67. The van der Waals surface area contributed by atoms with Crippen LogP contribution in [0.1, 0.15) is 0 Å². The van der Waals surface area contributed by atoms with Crippen LogP contribution in [-0.2, 0) is 0 Å². The van der Waals surface area contributed by atoms with Crippen LogP contribution in [0.5, 0.6) is 0 Å². The molecule has 4 nitrogen and oxygen atoms in total. The summed E-state index contributed by atoms with van der Waals surface area (Å²) in [5, 5.41) is 2.10. The zero-order valence-electron chi connectivity index (χ0n) is 30.5. The van der Waals surface area contributed by atoms with Crippen LogP contribution in [-0.4, -0.2) is 9.97 Å². The van der Waals surface area contributed by atoms with Gasteiger partial charge in [-0.25, -0.2) is 9.97 Å². The van der Waals surface area contributed by atoms with Crippen LogP contribution in [0.3, 0.4) is 0 Å². The van der Waals surface area contributed by atoms with Gasteiger partial charge in [0, 0.05) is 38.8 Å². The molecule has 0 N–H and O–H groups in total. The molecule has 2 heterocycles. The molecule has 8 aromatic carbocycles. The second-order valence-electron chi connectivity index (χ2n) is 13.8. The minimum Gasteiger partial charge on any atom is -0.454 e. The average molecular weight is 718 g/mol. The molecule has 10 aromatic rings. The molecule has 0 aliphatic rings. The maximum atomic E-state index is 6.86. The van der Waals surface area contributed by atoms with E-state index in [1.807, 2.05) is 36.4 Å². The second-order valence-corrected chi connectivity index (χ2v) is 13.8. The largest absolute Gasteiger partial charge is 0.454 e.